The second-order valence-electron chi connectivity index (χ2n) is 4.30. The number of hydrogen-bond acceptors (Lipinski definition) is 2. The van der Waals surface area contributed by atoms with Gasteiger partial charge >= 0.3 is 0 Å². The zero-order valence-corrected chi connectivity index (χ0v) is 11.2. The van der Waals surface area contributed by atoms with Crippen LogP contribution >= 0.6 is 11.6 Å². The number of benzene rings is 1. The fourth-order valence-electron chi connectivity index (χ4n) is 1.87. The molecule has 0 amide bonds. The summed E-state index contributed by atoms with van der Waals surface area (Å²) in [5, 5.41) is 3.86. The molecule has 1 heterocycles. The van der Waals surface area contributed by atoms with E-state index in [0.29, 0.717) is 6.42 Å². The van der Waals surface area contributed by atoms with Crippen molar-refractivity contribution in [1.29, 1.82) is 0 Å². The summed E-state index contributed by atoms with van der Waals surface area (Å²) in [7, 11) is 0. The number of hydrogen-bond donors (Lipinski definition) is 1. The van der Waals surface area contributed by atoms with Gasteiger partial charge in [-0.1, -0.05) is 11.6 Å². The molecule has 0 bridgehead atoms. The highest BCUT2D eigenvalue weighted by Gasteiger charge is 2.16. The molecule has 0 aliphatic heterocycles. The van der Waals surface area contributed by atoms with Gasteiger partial charge in [-0.2, -0.15) is 5.10 Å². The maximum absolute atomic E-state index is 13.7. The molecular weight excluding hydrogens is 272 g/mol. The second-order valence-corrected chi connectivity index (χ2v) is 4.71. The van der Waals surface area contributed by atoms with Crippen molar-refractivity contribution in [3.05, 3.63) is 52.3 Å². The van der Waals surface area contributed by atoms with Gasteiger partial charge in [0.2, 0.25) is 0 Å². The van der Waals surface area contributed by atoms with Crippen LogP contribution in [-0.2, 0) is 13.0 Å². The molecule has 6 heteroatoms. The van der Waals surface area contributed by atoms with Gasteiger partial charge in [0, 0.05) is 24.3 Å². The molecule has 0 spiro atoms. The Morgan fingerprint density at radius 2 is 2.11 bits per heavy atom. The lowest BCUT2D eigenvalue weighted by atomic mass is 10.0. The fraction of sp³-hybridized carbons (Fsp3) is 0.308. The van der Waals surface area contributed by atoms with Crippen LogP contribution in [0.15, 0.2) is 24.5 Å². The van der Waals surface area contributed by atoms with Crippen molar-refractivity contribution >= 4 is 11.6 Å². The average Bonchev–Trinajstić information content (AvgIpc) is 2.81. The Morgan fingerprint density at radius 3 is 2.74 bits per heavy atom. The summed E-state index contributed by atoms with van der Waals surface area (Å²) in [6.07, 6.45) is 3.90. The van der Waals surface area contributed by atoms with Crippen LogP contribution in [0.25, 0.3) is 0 Å². The summed E-state index contributed by atoms with van der Waals surface area (Å²) < 4.78 is 28.8. The number of nitrogens with zero attached hydrogens (tertiary/aromatic N) is 2. The molecule has 2 N–H and O–H groups in total. The van der Waals surface area contributed by atoms with E-state index in [4.69, 9.17) is 17.3 Å². The lowest BCUT2D eigenvalue weighted by molar-refractivity contribution is 0.561. The summed E-state index contributed by atoms with van der Waals surface area (Å²) in [6, 6.07) is 1.36. The van der Waals surface area contributed by atoms with Crippen LogP contribution in [0.3, 0.4) is 0 Å². The van der Waals surface area contributed by atoms with Crippen molar-refractivity contribution in [3.63, 3.8) is 0 Å². The van der Waals surface area contributed by atoms with E-state index >= 15 is 0 Å². The molecule has 0 saturated carbocycles. The number of aromatic nitrogens is 2. The van der Waals surface area contributed by atoms with Gasteiger partial charge in [0.05, 0.1) is 11.2 Å². The van der Waals surface area contributed by atoms with Crippen LogP contribution in [0, 0.1) is 11.6 Å². The van der Waals surface area contributed by atoms with Crippen molar-refractivity contribution in [1.82, 2.24) is 9.78 Å². The number of rotatable bonds is 4. The monoisotopic (exact) mass is 285 g/mol. The van der Waals surface area contributed by atoms with Crippen LogP contribution in [0.4, 0.5) is 8.78 Å². The highest BCUT2D eigenvalue weighted by molar-refractivity contribution is 6.30. The Labute approximate surface area is 115 Å². The van der Waals surface area contributed by atoms with Crippen molar-refractivity contribution in [3.8, 4) is 0 Å². The van der Waals surface area contributed by atoms with Crippen molar-refractivity contribution < 1.29 is 8.78 Å². The Kier molecular flexibility index (Phi) is 4.17. The molecule has 102 valence electrons. The first-order valence-corrected chi connectivity index (χ1v) is 6.30. The van der Waals surface area contributed by atoms with Gasteiger partial charge in [-0.25, -0.2) is 8.78 Å². The molecule has 0 radical (unpaired) electrons. The fourth-order valence-corrected chi connectivity index (χ4v) is 2.02. The molecule has 0 aliphatic carbocycles. The van der Waals surface area contributed by atoms with E-state index in [0.717, 1.165) is 24.2 Å². The zero-order valence-electron chi connectivity index (χ0n) is 10.4. The lowest BCUT2D eigenvalue weighted by Crippen LogP contribution is -2.15. The molecule has 0 fully saturated rings. The van der Waals surface area contributed by atoms with Gasteiger partial charge < -0.3 is 5.73 Å². The first kappa shape index (κ1) is 14.0. The summed E-state index contributed by atoms with van der Waals surface area (Å²) >= 11 is 5.50. The smallest absolute Gasteiger partial charge is 0.142 e. The largest absolute Gasteiger partial charge is 0.324 e. The minimum atomic E-state index is -0.669. The molecule has 1 aromatic heterocycles. The minimum Gasteiger partial charge on any atom is -0.324 e. The third kappa shape index (κ3) is 3.11. The van der Waals surface area contributed by atoms with Crippen molar-refractivity contribution in [2.24, 2.45) is 5.73 Å². The van der Waals surface area contributed by atoms with Gasteiger partial charge in [0.15, 0.2) is 0 Å². The second kappa shape index (κ2) is 5.67. The first-order chi connectivity index (χ1) is 9.01. The first-order valence-electron chi connectivity index (χ1n) is 5.92. The maximum atomic E-state index is 13.7. The summed E-state index contributed by atoms with van der Waals surface area (Å²) in [6.45, 7) is 2.71. The number of nitrogens with two attached hydrogens (primary N) is 1. The molecule has 2 aromatic rings. The zero-order chi connectivity index (χ0) is 14.0. The predicted octanol–water partition coefficient (Wildman–Crippen LogP) is 3.08. The normalized spacial score (nSPS) is 12.7. The molecule has 1 unspecified atom stereocenters. The Morgan fingerprint density at radius 1 is 1.37 bits per heavy atom. The highest BCUT2D eigenvalue weighted by atomic mass is 35.5. The van der Waals surface area contributed by atoms with E-state index in [-0.39, 0.29) is 10.6 Å². The Balaban J connectivity index is 2.19. The molecule has 0 aliphatic rings. The SMILES string of the molecule is CCn1cc(CC(N)c2cc(F)c(Cl)cc2F)cn1. The van der Waals surface area contributed by atoms with Crippen LogP contribution < -0.4 is 5.73 Å². The summed E-state index contributed by atoms with van der Waals surface area (Å²) in [5.41, 5.74) is 6.91. The van der Waals surface area contributed by atoms with Crippen molar-refractivity contribution in [2.75, 3.05) is 0 Å². The molecular formula is C13H14ClF2N3. The molecule has 2 rings (SSSR count). The van der Waals surface area contributed by atoms with Gasteiger partial charge in [-0.05, 0) is 31.0 Å². The topological polar surface area (TPSA) is 43.8 Å². The van der Waals surface area contributed by atoms with E-state index in [9.17, 15) is 8.78 Å². The van der Waals surface area contributed by atoms with Crippen LogP contribution in [0.2, 0.25) is 5.02 Å². The third-order valence-corrected chi connectivity index (χ3v) is 3.20. The molecule has 3 nitrogen and oxygen atoms in total. The molecule has 1 aromatic carbocycles. The van der Waals surface area contributed by atoms with E-state index < -0.39 is 17.7 Å². The molecule has 19 heavy (non-hydrogen) atoms. The Bertz CT molecular complexity index is 583. The van der Waals surface area contributed by atoms with Gasteiger partial charge in [0.1, 0.15) is 11.6 Å². The van der Waals surface area contributed by atoms with Crippen LogP contribution in [-0.4, -0.2) is 9.78 Å². The lowest BCUT2D eigenvalue weighted by Gasteiger charge is -2.12. The van der Waals surface area contributed by atoms with E-state index in [1.54, 1.807) is 10.9 Å². The van der Waals surface area contributed by atoms with Gasteiger partial charge in [-0.15, -0.1) is 0 Å². The Hall–Kier alpha value is -1.46. The van der Waals surface area contributed by atoms with E-state index in [2.05, 4.69) is 5.10 Å². The summed E-state index contributed by atoms with van der Waals surface area (Å²) in [4.78, 5) is 0. The van der Waals surface area contributed by atoms with Crippen LogP contribution in [0.1, 0.15) is 24.1 Å². The minimum absolute atomic E-state index is 0.117. The predicted molar refractivity (Wildman–Crippen MR) is 69.9 cm³/mol. The molecule has 1 atom stereocenters. The summed E-state index contributed by atoms with van der Waals surface area (Å²) in [5.74, 6) is -1.26. The van der Waals surface area contributed by atoms with E-state index in [1.807, 2.05) is 13.1 Å². The average molecular weight is 286 g/mol. The quantitative estimate of drug-likeness (QED) is 0.878. The highest BCUT2D eigenvalue weighted by Crippen LogP contribution is 2.24. The number of halogens is 3. The standard InChI is InChI=1S/C13H14ClF2N3/c1-2-19-7-8(6-18-19)3-13(17)9-4-12(16)10(14)5-11(9)15/h4-7,13H,2-3,17H2,1H3. The number of aryl methyl sites for hydroxylation is 1. The molecule has 0 saturated heterocycles. The van der Waals surface area contributed by atoms with Gasteiger partial charge in [-0.3, -0.25) is 4.68 Å². The van der Waals surface area contributed by atoms with E-state index in [1.165, 1.54) is 0 Å². The van der Waals surface area contributed by atoms with Gasteiger partial charge in [0.25, 0.3) is 0 Å². The van der Waals surface area contributed by atoms with Crippen molar-refractivity contribution in [2.45, 2.75) is 25.9 Å². The van der Waals surface area contributed by atoms with Crippen LogP contribution in [0.5, 0.6) is 0 Å². The maximum Gasteiger partial charge on any atom is 0.142 e. The third-order valence-electron chi connectivity index (χ3n) is 2.91.